The van der Waals surface area contributed by atoms with Gasteiger partial charge >= 0.3 is 0 Å². The first kappa shape index (κ1) is 26.6. The highest BCUT2D eigenvalue weighted by atomic mass is 19.1. The lowest BCUT2D eigenvalue weighted by atomic mass is 10.0. The Balaban J connectivity index is 1.63. The number of hydrogen-bond donors (Lipinski definition) is 1. The molecular formula is C28H30FN7O2. The second-order valence-corrected chi connectivity index (χ2v) is 9.31. The number of nitrogens with one attached hydrogen (secondary N) is 1. The fourth-order valence-electron chi connectivity index (χ4n) is 3.94. The number of amides is 2. The molecule has 9 nitrogen and oxygen atoms in total. The molecule has 0 fully saturated rings. The molecule has 38 heavy (non-hydrogen) atoms. The smallest absolute Gasteiger partial charge is 0.247 e. The SMILES string of the molecule is CC(C)CCNC(=O)[C@H](c1ccncc1)N(Cc1ccccc1)C(=O)Cn1nnc(-c2ccc(F)cc2)n1. The van der Waals surface area contributed by atoms with Gasteiger partial charge in [0.15, 0.2) is 0 Å². The van der Waals surface area contributed by atoms with Gasteiger partial charge in [0.05, 0.1) is 0 Å². The van der Waals surface area contributed by atoms with E-state index in [1.807, 2.05) is 30.3 Å². The van der Waals surface area contributed by atoms with Crippen LogP contribution in [0.2, 0.25) is 0 Å². The Hall–Kier alpha value is -4.47. The largest absolute Gasteiger partial charge is 0.354 e. The Morgan fingerprint density at radius 3 is 2.39 bits per heavy atom. The van der Waals surface area contributed by atoms with Crippen LogP contribution in [0.5, 0.6) is 0 Å². The van der Waals surface area contributed by atoms with Crippen molar-refractivity contribution >= 4 is 11.8 Å². The zero-order chi connectivity index (χ0) is 26.9. The zero-order valence-electron chi connectivity index (χ0n) is 21.4. The fourth-order valence-corrected chi connectivity index (χ4v) is 3.94. The molecule has 0 aliphatic carbocycles. The fraction of sp³-hybridized carbons (Fsp3) is 0.286. The van der Waals surface area contributed by atoms with E-state index in [2.05, 4.69) is 39.6 Å². The lowest BCUT2D eigenvalue weighted by Crippen LogP contribution is -2.45. The summed E-state index contributed by atoms with van der Waals surface area (Å²) >= 11 is 0. The van der Waals surface area contributed by atoms with Crippen molar-refractivity contribution in [1.82, 2.24) is 35.4 Å². The van der Waals surface area contributed by atoms with E-state index >= 15 is 0 Å². The number of pyridine rings is 1. The number of hydrogen-bond acceptors (Lipinski definition) is 6. The van der Waals surface area contributed by atoms with Gasteiger partial charge in [-0.2, -0.15) is 4.80 Å². The molecule has 0 aliphatic rings. The van der Waals surface area contributed by atoms with Crippen LogP contribution in [0.1, 0.15) is 37.4 Å². The molecule has 1 atom stereocenters. The van der Waals surface area contributed by atoms with Crippen molar-refractivity contribution in [2.24, 2.45) is 5.92 Å². The summed E-state index contributed by atoms with van der Waals surface area (Å²) < 4.78 is 13.3. The summed E-state index contributed by atoms with van der Waals surface area (Å²) in [6.07, 6.45) is 4.02. The molecule has 2 heterocycles. The molecule has 0 saturated carbocycles. The summed E-state index contributed by atoms with van der Waals surface area (Å²) in [4.78, 5) is 34.1. The standard InChI is InChI=1S/C28H30FN7O2/c1-20(2)12-17-31-28(38)26(22-13-15-30-16-14-22)35(18-21-6-4-3-5-7-21)25(37)19-36-33-27(32-34-36)23-8-10-24(29)11-9-23/h3-11,13-16,20,26H,12,17-19H2,1-2H3,(H,31,38)/t26-/m0/s1. The third-order valence-electron chi connectivity index (χ3n) is 5.95. The molecule has 0 bridgehead atoms. The van der Waals surface area contributed by atoms with Gasteiger partial charge in [-0.25, -0.2) is 4.39 Å². The summed E-state index contributed by atoms with van der Waals surface area (Å²) in [5, 5.41) is 15.3. The molecular weight excluding hydrogens is 485 g/mol. The highest BCUT2D eigenvalue weighted by molar-refractivity contribution is 5.88. The van der Waals surface area contributed by atoms with Crippen LogP contribution in [0, 0.1) is 11.7 Å². The lowest BCUT2D eigenvalue weighted by Gasteiger charge is -2.31. The van der Waals surface area contributed by atoms with Gasteiger partial charge in [0.2, 0.25) is 17.6 Å². The molecule has 4 aromatic rings. The van der Waals surface area contributed by atoms with Gasteiger partial charge < -0.3 is 10.2 Å². The van der Waals surface area contributed by atoms with Gasteiger partial charge in [-0.3, -0.25) is 14.6 Å². The topological polar surface area (TPSA) is 106 Å². The Bertz CT molecular complexity index is 1330. The van der Waals surface area contributed by atoms with E-state index in [9.17, 15) is 14.0 Å². The van der Waals surface area contributed by atoms with Crippen LogP contribution in [0.15, 0.2) is 79.1 Å². The van der Waals surface area contributed by atoms with E-state index in [4.69, 9.17) is 0 Å². The Morgan fingerprint density at radius 2 is 1.71 bits per heavy atom. The predicted octanol–water partition coefficient (Wildman–Crippen LogP) is 3.81. The first-order chi connectivity index (χ1) is 18.4. The maximum absolute atomic E-state index is 13.8. The molecule has 0 spiro atoms. The minimum atomic E-state index is -0.891. The second kappa shape index (κ2) is 12.7. The van der Waals surface area contributed by atoms with Gasteiger partial charge in [-0.1, -0.05) is 44.2 Å². The van der Waals surface area contributed by atoms with E-state index in [1.54, 1.807) is 36.7 Å². The molecule has 2 aromatic carbocycles. The maximum atomic E-state index is 13.8. The third kappa shape index (κ3) is 7.06. The highest BCUT2D eigenvalue weighted by Gasteiger charge is 2.32. The number of rotatable bonds is 11. The van der Waals surface area contributed by atoms with Crippen molar-refractivity contribution in [3.63, 3.8) is 0 Å². The van der Waals surface area contributed by atoms with Gasteiger partial charge in [0, 0.05) is 31.0 Å². The number of carbonyl (C=O) groups is 2. The Morgan fingerprint density at radius 1 is 1.00 bits per heavy atom. The van der Waals surface area contributed by atoms with Crippen molar-refractivity contribution in [3.8, 4) is 11.4 Å². The maximum Gasteiger partial charge on any atom is 0.247 e. The number of benzene rings is 2. The van der Waals surface area contributed by atoms with Gasteiger partial charge in [0.1, 0.15) is 18.4 Å². The summed E-state index contributed by atoms with van der Waals surface area (Å²) in [5.74, 6) is -0.325. The predicted molar refractivity (Wildman–Crippen MR) is 140 cm³/mol. The zero-order valence-corrected chi connectivity index (χ0v) is 21.4. The molecule has 0 aliphatic heterocycles. The van der Waals surface area contributed by atoms with Crippen LogP contribution in [0.4, 0.5) is 4.39 Å². The molecule has 0 radical (unpaired) electrons. The number of aromatic nitrogens is 5. The average Bonchev–Trinajstić information content (AvgIpc) is 3.38. The normalized spacial score (nSPS) is 11.8. The summed E-state index contributed by atoms with van der Waals surface area (Å²) in [5.41, 5.74) is 2.09. The third-order valence-corrected chi connectivity index (χ3v) is 5.95. The van der Waals surface area contributed by atoms with Crippen LogP contribution in [0.3, 0.4) is 0 Å². The first-order valence-electron chi connectivity index (χ1n) is 12.5. The van der Waals surface area contributed by atoms with Crippen molar-refractivity contribution in [2.75, 3.05) is 6.54 Å². The van der Waals surface area contributed by atoms with E-state index in [1.165, 1.54) is 21.8 Å². The van der Waals surface area contributed by atoms with Gasteiger partial charge in [0.25, 0.3) is 0 Å². The number of carbonyl (C=O) groups excluding carboxylic acids is 2. The van der Waals surface area contributed by atoms with Crippen LogP contribution in [-0.2, 0) is 22.7 Å². The van der Waals surface area contributed by atoms with Crippen LogP contribution < -0.4 is 5.32 Å². The van der Waals surface area contributed by atoms with E-state index in [-0.39, 0.29) is 36.5 Å². The molecule has 2 amide bonds. The summed E-state index contributed by atoms with van der Waals surface area (Å²) in [6, 6.07) is 17.7. The molecule has 0 unspecified atom stereocenters. The first-order valence-corrected chi connectivity index (χ1v) is 12.5. The summed E-state index contributed by atoms with van der Waals surface area (Å²) in [7, 11) is 0. The van der Waals surface area contributed by atoms with Crippen molar-refractivity contribution in [1.29, 1.82) is 0 Å². The Labute approximate surface area is 220 Å². The summed E-state index contributed by atoms with van der Waals surface area (Å²) in [6.45, 7) is 4.63. The van der Waals surface area contributed by atoms with E-state index in [0.29, 0.717) is 23.6 Å². The van der Waals surface area contributed by atoms with Crippen molar-refractivity contribution < 1.29 is 14.0 Å². The van der Waals surface area contributed by atoms with Crippen LogP contribution in [0.25, 0.3) is 11.4 Å². The highest BCUT2D eigenvalue weighted by Crippen LogP contribution is 2.24. The lowest BCUT2D eigenvalue weighted by molar-refractivity contribution is -0.142. The minimum Gasteiger partial charge on any atom is -0.354 e. The number of halogens is 1. The van der Waals surface area contributed by atoms with Gasteiger partial charge in [-0.15, -0.1) is 10.2 Å². The van der Waals surface area contributed by atoms with Crippen LogP contribution >= 0.6 is 0 Å². The quantitative estimate of drug-likeness (QED) is 0.326. The van der Waals surface area contributed by atoms with Gasteiger partial charge in [-0.05, 0) is 65.1 Å². The number of nitrogens with zero attached hydrogens (tertiary/aromatic N) is 6. The minimum absolute atomic E-state index is 0.198. The number of tetrazole rings is 1. The van der Waals surface area contributed by atoms with Crippen molar-refractivity contribution in [3.05, 3.63) is 96.1 Å². The monoisotopic (exact) mass is 515 g/mol. The molecule has 0 saturated heterocycles. The van der Waals surface area contributed by atoms with Crippen LogP contribution in [-0.4, -0.2) is 48.5 Å². The van der Waals surface area contributed by atoms with E-state index < -0.39 is 6.04 Å². The Kier molecular flexibility index (Phi) is 8.86. The molecule has 4 rings (SSSR count). The second-order valence-electron chi connectivity index (χ2n) is 9.31. The molecule has 196 valence electrons. The average molecular weight is 516 g/mol. The molecule has 2 aromatic heterocycles. The van der Waals surface area contributed by atoms with Crippen molar-refractivity contribution in [2.45, 2.75) is 39.4 Å². The molecule has 1 N–H and O–H groups in total. The molecule has 10 heteroatoms. The van der Waals surface area contributed by atoms with E-state index in [0.717, 1.165) is 12.0 Å².